The molecule has 0 fully saturated rings. The van der Waals surface area contributed by atoms with Crippen LogP contribution >= 0.6 is 0 Å². The molecule has 0 aliphatic carbocycles. The smallest absolute Gasteiger partial charge is 0.338 e. The number of aromatic amines is 1. The Morgan fingerprint density at radius 1 is 1.08 bits per heavy atom. The highest BCUT2D eigenvalue weighted by atomic mass is 16.5. The van der Waals surface area contributed by atoms with Crippen LogP contribution in [0.25, 0.3) is 10.9 Å². The Morgan fingerprint density at radius 2 is 1.80 bits per heavy atom. The van der Waals surface area contributed by atoms with Gasteiger partial charge in [-0.05, 0) is 43.3 Å². The molecule has 0 aliphatic rings. The summed E-state index contributed by atoms with van der Waals surface area (Å²) in [6.07, 6.45) is 1.40. The number of nitrogens with one attached hydrogen (secondary N) is 2. The molecule has 0 saturated carbocycles. The number of carbonyl (C=O) groups excluding carboxylic acids is 2. The number of H-pyrrole nitrogens is 1. The zero-order valence-corrected chi connectivity index (χ0v) is 13.5. The predicted molar refractivity (Wildman–Crippen MR) is 94.9 cm³/mol. The third kappa shape index (κ3) is 3.42. The summed E-state index contributed by atoms with van der Waals surface area (Å²) in [5.41, 5.74) is 1.22. The highest BCUT2D eigenvalue weighted by molar-refractivity contribution is 6.05. The summed E-state index contributed by atoms with van der Waals surface area (Å²) in [5.74, 6) is -0.942. The number of amides is 1. The standard InChI is InChI=1S/C19H16N2O4/c1-2-25-19(24)12-7-9-13(10-8-12)21-18(23)15-11-20-16-6-4-3-5-14(16)17(15)22/h3-11H,2H2,1H3,(H,20,22)(H,21,23). The van der Waals surface area contributed by atoms with E-state index in [1.54, 1.807) is 49.4 Å². The van der Waals surface area contributed by atoms with E-state index < -0.39 is 11.9 Å². The fourth-order valence-corrected chi connectivity index (χ4v) is 2.44. The SMILES string of the molecule is CCOC(=O)c1ccc(NC(=O)c2c[nH]c3ccccc3c2=O)cc1. The van der Waals surface area contributed by atoms with Gasteiger partial charge in [0.1, 0.15) is 5.56 Å². The first-order valence-electron chi connectivity index (χ1n) is 7.79. The molecule has 0 radical (unpaired) electrons. The van der Waals surface area contributed by atoms with Crippen LogP contribution in [0.4, 0.5) is 5.69 Å². The number of anilines is 1. The first-order valence-corrected chi connectivity index (χ1v) is 7.79. The Hall–Kier alpha value is -3.41. The lowest BCUT2D eigenvalue weighted by molar-refractivity contribution is 0.0526. The molecule has 2 aromatic carbocycles. The summed E-state index contributed by atoms with van der Waals surface area (Å²) in [4.78, 5) is 39.4. The molecule has 1 amide bonds. The van der Waals surface area contributed by atoms with Gasteiger partial charge in [-0.2, -0.15) is 0 Å². The molecule has 2 N–H and O–H groups in total. The Bertz CT molecular complexity index is 990. The van der Waals surface area contributed by atoms with Crippen molar-refractivity contribution in [2.24, 2.45) is 0 Å². The van der Waals surface area contributed by atoms with Gasteiger partial charge in [-0.1, -0.05) is 12.1 Å². The van der Waals surface area contributed by atoms with Crippen molar-refractivity contribution in [1.82, 2.24) is 4.98 Å². The van der Waals surface area contributed by atoms with E-state index in [2.05, 4.69) is 10.3 Å². The number of carbonyl (C=O) groups is 2. The fourth-order valence-electron chi connectivity index (χ4n) is 2.44. The lowest BCUT2D eigenvalue weighted by Crippen LogP contribution is -2.21. The maximum absolute atomic E-state index is 12.4. The maximum atomic E-state index is 12.4. The van der Waals surface area contributed by atoms with Gasteiger partial charge in [-0.25, -0.2) is 4.79 Å². The van der Waals surface area contributed by atoms with Crippen LogP contribution in [0.2, 0.25) is 0 Å². The van der Waals surface area contributed by atoms with E-state index in [0.29, 0.717) is 28.8 Å². The van der Waals surface area contributed by atoms with E-state index in [1.165, 1.54) is 6.20 Å². The number of rotatable bonds is 4. The van der Waals surface area contributed by atoms with Gasteiger partial charge in [0.15, 0.2) is 0 Å². The number of hydrogen-bond acceptors (Lipinski definition) is 4. The zero-order chi connectivity index (χ0) is 17.8. The molecule has 0 unspecified atom stereocenters. The molecule has 25 heavy (non-hydrogen) atoms. The quantitative estimate of drug-likeness (QED) is 0.717. The van der Waals surface area contributed by atoms with Crippen LogP contribution in [0.1, 0.15) is 27.6 Å². The molecule has 3 aromatic rings. The number of ether oxygens (including phenoxy) is 1. The first kappa shape index (κ1) is 16.4. The average Bonchev–Trinajstić information content (AvgIpc) is 2.63. The first-order chi connectivity index (χ1) is 12.1. The van der Waals surface area contributed by atoms with E-state index in [9.17, 15) is 14.4 Å². The lowest BCUT2D eigenvalue weighted by atomic mass is 10.1. The molecule has 0 bridgehead atoms. The van der Waals surface area contributed by atoms with Crippen LogP contribution in [0.5, 0.6) is 0 Å². The summed E-state index contributed by atoms with van der Waals surface area (Å²) < 4.78 is 4.90. The molecular weight excluding hydrogens is 320 g/mol. The van der Waals surface area contributed by atoms with Crippen molar-refractivity contribution < 1.29 is 14.3 Å². The Labute approximate surface area is 143 Å². The number of pyridine rings is 1. The van der Waals surface area contributed by atoms with Crippen molar-refractivity contribution in [2.45, 2.75) is 6.92 Å². The molecular formula is C19H16N2O4. The minimum absolute atomic E-state index is 0.0215. The fraction of sp³-hybridized carbons (Fsp3) is 0.105. The van der Waals surface area contributed by atoms with E-state index >= 15 is 0 Å². The minimum atomic E-state index is -0.518. The van der Waals surface area contributed by atoms with E-state index in [0.717, 1.165) is 0 Å². The normalized spacial score (nSPS) is 10.4. The van der Waals surface area contributed by atoms with Gasteiger partial charge in [0.2, 0.25) is 5.43 Å². The number of fused-ring (bicyclic) bond motifs is 1. The third-order valence-electron chi connectivity index (χ3n) is 3.69. The number of hydrogen-bond donors (Lipinski definition) is 2. The van der Waals surface area contributed by atoms with Crippen LogP contribution in [-0.4, -0.2) is 23.5 Å². The number of aromatic nitrogens is 1. The molecule has 0 aliphatic heterocycles. The van der Waals surface area contributed by atoms with Gasteiger partial charge < -0.3 is 15.0 Å². The molecule has 3 rings (SSSR count). The second-order valence-corrected chi connectivity index (χ2v) is 5.33. The van der Waals surface area contributed by atoms with Crippen LogP contribution < -0.4 is 10.7 Å². The van der Waals surface area contributed by atoms with Crippen molar-refractivity contribution in [1.29, 1.82) is 0 Å². The van der Waals surface area contributed by atoms with Crippen molar-refractivity contribution >= 4 is 28.5 Å². The Morgan fingerprint density at radius 3 is 2.52 bits per heavy atom. The second kappa shape index (κ2) is 7.00. The van der Waals surface area contributed by atoms with Gasteiger partial charge in [-0.15, -0.1) is 0 Å². The zero-order valence-electron chi connectivity index (χ0n) is 13.5. The molecule has 1 aromatic heterocycles. The minimum Gasteiger partial charge on any atom is -0.462 e. The van der Waals surface area contributed by atoms with Crippen molar-refractivity contribution in [2.75, 3.05) is 11.9 Å². The number of benzene rings is 2. The molecule has 0 atom stereocenters. The number of esters is 1. The molecule has 6 heteroatoms. The lowest BCUT2D eigenvalue weighted by Gasteiger charge is -2.07. The molecule has 1 heterocycles. The molecule has 0 saturated heterocycles. The number of para-hydroxylation sites is 1. The molecule has 0 spiro atoms. The second-order valence-electron chi connectivity index (χ2n) is 5.33. The van der Waals surface area contributed by atoms with Crippen LogP contribution in [0.3, 0.4) is 0 Å². The summed E-state index contributed by atoms with van der Waals surface area (Å²) in [6, 6.07) is 13.3. The maximum Gasteiger partial charge on any atom is 0.338 e. The highest BCUT2D eigenvalue weighted by Crippen LogP contribution is 2.13. The monoisotopic (exact) mass is 336 g/mol. The van der Waals surface area contributed by atoms with Crippen LogP contribution in [0, 0.1) is 0 Å². The summed E-state index contributed by atoms with van der Waals surface area (Å²) in [6.45, 7) is 2.02. The largest absolute Gasteiger partial charge is 0.462 e. The summed E-state index contributed by atoms with van der Waals surface area (Å²) in [5, 5.41) is 3.10. The van der Waals surface area contributed by atoms with Crippen molar-refractivity contribution in [3.8, 4) is 0 Å². The Balaban J connectivity index is 1.82. The van der Waals surface area contributed by atoms with E-state index in [4.69, 9.17) is 4.74 Å². The third-order valence-corrected chi connectivity index (χ3v) is 3.69. The van der Waals surface area contributed by atoms with Crippen LogP contribution in [-0.2, 0) is 4.74 Å². The van der Waals surface area contributed by atoms with Crippen molar-refractivity contribution in [3.63, 3.8) is 0 Å². The van der Waals surface area contributed by atoms with Gasteiger partial charge in [0, 0.05) is 22.8 Å². The van der Waals surface area contributed by atoms with Gasteiger partial charge in [0.05, 0.1) is 12.2 Å². The van der Waals surface area contributed by atoms with Gasteiger partial charge in [0.25, 0.3) is 5.91 Å². The summed E-state index contributed by atoms with van der Waals surface area (Å²) in [7, 11) is 0. The topological polar surface area (TPSA) is 88.3 Å². The van der Waals surface area contributed by atoms with Gasteiger partial charge >= 0.3 is 5.97 Å². The van der Waals surface area contributed by atoms with Crippen molar-refractivity contribution in [3.05, 3.63) is 76.1 Å². The predicted octanol–water partition coefficient (Wildman–Crippen LogP) is 2.96. The van der Waals surface area contributed by atoms with Crippen LogP contribution in [0.15, 0.2) is 59.5 Å². The highest BCUT2D eigenvalue weighted by Gasteiger charge is 2.13. The molecule has 6 nitrogen and oxygen atoms in total. The average molecular weight is 336 g/mol. The van der Waals surface area contributed by atoms with Gasteiger partial charge in [-0.3, -0.25) is 9.59 Å². The summed E-state index contributed by atoms with van der Waals surface area (Å²) >= 11 is 0. The van der Waals surface area contributed by atoms with E-state index in [1.807, 2.05) is 6.07 Å². The molecule has 126 valence electrons. The van der Waals surface area contributed by atoms with E-state index in [-0.39, 0.29) is 11.0 Å². The Kier molecular flexibility index (Phi) is 4.61.